The van der Waals surface area contributed by atoms with Crippen LogP contribution in [0.3, 0.4) is 0 Å². The molecule has 0 aliphatic carbocycles. The number of likely N-dealkylation sites (tertiary alicyclic amines) is 1. The van der Waals surface area contributed by atoms with Gasteiger partial charge in [-0.15, -0.1) is 0 Å². The second-order valence-electron chi connectivity index (χ2n) is 4.79. The molecule has 0 saturated carbocycles. The molecule has 96 valence electrons. The van der Waals surface area contributed by atoms with Crippen LogP contribution in [0.1, 0.15) is 23.2 Å². The molecule has 2 heterocycles. The summed E-state index contributed by atoms with van der Waals surface area (Å²) >= 11 is 5.64. The van der Waals surface area contributed by atoms with Gasteiger partial charge in [-0.1, -0.05) is 15.9 Å². The summed E-state index contributed by atoms with van der Waals surface area (Å²) in [5, 5.41) is 0. The van der Waals surface area contributed by atoms with Crippen LogP contribution in [-0.2, 0) is 4.74 Å². The summed E-state index contributed by atoms with van der Waals surface area (Å²) < 4.78 is 7.71. The third-order valence-corrected chi connectivity index (χ3v) is 4.92. The van der Waals surface area contributed by atoms with Crippen molar-refractivity contribution >= 4 is 44.4 Å². The number of morpholine rings is 1. The Morgan fingerprint density at radius 3 is 2.67 bits per heavy atom. The highest BCUT2D eigenvalue weighted by Crippen LogP contribution is 2.28. The first-order valence-corrected chi connectivity index (χ1v) is 7.90. The molecule has 2 aliphatic heterocycles. The number of nitrogens with zero attached hydrogens (tertiary/aromatic N) is 1. The molecule has 3 nitrogen and oxygen atoms in total. The van der Waals surface area contributed by atoms with Crippen LogP contribution in [-0.4, -0.2) is 36.1 Å². The van der Waals surface area contributed by atoms with E-state index < -0.39 is 0 Å². The van der Waals surface area contributed by atoms with Crippen LogP contribution in [0.4, 0.5) is 0 Å². The zero-order valence-corrected chi connectivity index (χ0v) is 13.5. The molecule has 3 rings (SSSR count). The quantitative estimate of drug-likeness (QED) is 0.652. The predicted octanol–water partition coefficient (Wildman–Crippen LogP) is 3.06. The van der Waals surface area contributed by atoms with Crippen molar-refractivity contribution in [3.8, 4) is 0 Å². The van der Waals surface area contributed by atoms with Gasteiger partial charge in [0.15, 0.2) is 0 Å². The van der Waals surface area contributed by atoms with Gasteiger partial charge in [0.2, 0.25) is 0 Å². The lowest BCUT2D eigenvalue weighted by Crippen LogP contribution is -2.46. The number of carbonyl (C=O) groups is 1. The summed E-state index contributed by atoms with van der Waals surface area (Å²) in [7, 11) is 0. The summed E-state index contributed by atoms with van der Waals surface area (Å²) in [6.07, 6.45) is 2.67. The first-order chi connectivity index (χ1) is 8.63. The monoisotopic (exact) mass is 421 g/mol. The molecule has 1 aromatic rings. The lowest BCUT2D eigenvalue weighted by molar-refractivity contribution is -0.0303. The van der Waals surface area contributed by atoms with Crippen molar-refractivity contribution in [3.05, 3.63) is 31.8 Å². The molecule has 18 heavy (non-hydrogen) atoms. The topological polar surface area (TPSA) is 29.5 Å². The van der Waals surface area contributed by atoms with Gasteiger partial charge in [-0.3, -0.25) is 4.79 Å². The lowest BCUT2D eigenvalue weighted by Gasteiger charge is -2.32. The smallest absolute Gasteiger partial charge is 0.255 e. The number of benzene rings is 1. The first-order valence-electron chi connectivity index (χ1n) is 6.03. The largest absolute Gasteiger partial charge is 0.371 e. The fourth-order valence-electron chi connectivity index (χ4n) is 2.61. The molecular weight excluding hydrogens is 409 g/mol. The molecule has 5 heteroatoms. The highest BCUT2D eigenvalue weighted by molar-refractivity contribution is 14.1. The van der Waals surface area contributed by atoms with Crippen LogP contribution >= 0.6 is 38.5 Å². The third kappa shape index (κ3) is 2.44. The number of ether oxygens (including phenoxy) is 1. The number of fused-ring (bicyclic) bond motifs is 2. The van der Waals surface area contributed by atoms with Crippen LogP contribution in [0.2, 0.25) is 0 Å². The van der Waals surface area contributed by atoms with Crippen LogP contribution in [0.5, 0.6) is 0 Å². The molecule has 2 bridgehead atoms. The summed E-state index contributed by atoms with van der Waals surface area (Å²) in [5.74, 6) is 0.126. The Bertz CT molecular complexity index is 482. The standard InChI is InChI=1S/C13H13BrINO2/c14-8-1-4-12(15)11(5-8)13(17)16-6-9-2-3-10(7-16)18-9/h1,4-5,9-10H,2-3,6-7H2. The average Bonchev–Trinajstić information content (AvgIpc) is 2.70. The molecule has 2 fully saturated rings. The maximum atomic E-state index is 12.5. The second kappa shape index (κ2) is 5.09. The van der Waals surface area contributed by atoms with E-state index in [1.807, 2.05) is 23.1 Å². The van der Waals surface area contributed by atoms with Crippen molar-refractivity contribution in [3.63, 3.8) is 0 Å². The first kappa shape index (κ1) is 12.9. The Morgan fingerprint density at radius 2 is 2.00 bits per heavy atom. The van der Waals surface area contributed by atoms with Crippen LogP contribution in [0.25, 0.3) is 0 Å². The van der Waals surface area contributed by atoms with Gasteiger partial charge in [0, 0.05) is 21.1 Å². The molecule has 0 radical (unpaired) electrons. The highest BCUT2D eigenvalue weighted by atomic mass is 127. The zero-order chi connectivity index (χ0) is 12.7. The fraction of sp³-hybridized carbons (Fsp3) is 0.462. The molecular formula is C13H13BrINO2. The Kier molecular flexibility index (Phi) is 3.64. The Labute approximate surface area is 128 Å². The van der Waals surface area contributed by atoms with E-state index in [1.165, 1.54) is 0 Å². The molecule has 0 spiro atoms. The number of amides is 1. The van der Waals surface area contributed by atoms with E-state index in [9.17, 15) is 4.79 Å². The third-order valence-electron chi connectivity index (χ3n) is 3.49. The van der Waals surface area contributed by atoms with Crippen molar-refractivity contribution in [2.24, 2.45) is 0 Å². The van der Waals surface area contributed by atoms with E-state index >= 15 is 0 Å². The van der Waals surface area contributed by atoms with E-state index in [0.717, 1.165) is 39.5 Å². The number of carbonyl (C=O) groups excluding carboxylic acids is 1. The number of halogens is 2. The summed E-state index contributed by atoms with van der Waals surface area (Å²) in [5.41, 5.74) is 0.784. The van der Waals surface area contributed by atoms with Crippen LogP contribution < -0.4 is 0 Å². The lowest BCUT2D eigenvalue weighted by atomic mass is 10.2. The maximum absolute atomic E-state index is 12.5. The Morgan fingerprint density at radius 1 is 1.33 bits per heavy atom. The minimum atomic E-state index is 0.126. The van der Waals surface area contributed by atoms with Crippen molar-refractivity contribution in [2.45, 2.75) is 25.0 Å². The Balaban J connectivity index is 1.84. The number of hydrogen-bond donors (Lipinski definition) is 0. The number of rotatable bonds is 1. The summed E-state index contributed by atoms with van der Waals surface area (Å²) in [4.78, 5) is 14.5. The van der Waals surface area contributed by atoms with Gasteiger partial charge < -0.3 is 9.64 Å². The minimum Gasteiger partial charge on any atom is -0.371 e. The molecule has 0 N–H and O–H groups in total. The fourth-order valence-corrected chi connectivity index (χ4v) is 3.54. The van der Waals surface area contributed by atoms with Crippen LogP contribution in [0.15, 0.2) is 22.7 Å². The van der Waals surface area contributed by atoms with Crippen LogP contribution in [0, 0.1) is 3.57 Å². The van der Waals surface area contributed by atoms with Crippen molar-refractivity contribution < 1.29 is 9.53 Å². The van der Waals surface area contributed by atoms with Gasteiger partial charge in [-0.25, -0.2) is 0 Å². The maximum Gasteiger partial charge on any atom is 0.255 e. The van der Waals surface area contributed by atoms with E-state index in [2.05, 4.69) is 38.5 Å². The van der Waals surface area contributed by atoms with Gasteiger partial charge in [-0.05, 0) is 53.6 Å². The predicted molar refractivity (Wildman–Crippen MR) is 80.7 cm³/mol. The van der Waals surface area contributed by atoms with Gasteiger partial charge >= 0.3 is 0 Å². The van der Waals surface area contributed by atoms with Gasteiger partial charge in [0.05, 0.1) is 17.8 Å². The second-order valence-corrected chi connectivity index (χ2v) is 6.87. The van der Waals surface area contributed by atoms with Gasteiger partial charge in [0.25, 0.3) is 5.91 Å². The van der Waals surface area contributed by atoms with E-state index in [-0.39, 0.29) is 18.1 Å². The highest BCUT2D eigenvalue weighted by Gasteiger charge is 2.36. The minimum absolute atomic E-state index is 0.126. The van der Waals surface area contributed by atoms with E-state index in [0.29, 0.717) is 0 Å². The Hall–Kier alpha value is -0.140. The molecule has 0 aromatic heterocycles. The average molecular weight is 422 g/mol. The van der Waals surface area contributed by atoms with Gasteiger partial charge in [-0.2, -0.15) is 0 Å². The van der Waals surface area contributed by atoms with Crippen molar-refractivity contribution in [1.29, 1.82) is 0 Å². The molecule has 1 amide bonds. The van der Waals surface area contributed by atoms with E-state index in [4.69, 9.17) is 4.74 Å². The van der Waals surface area contributed by atoms with E-state index in [1.54, 1.807) is 0 Å². The molecule has 2 atom stereocenters. The van der Waals surface area contributed by atoms with Crippen molar-refractivity contribution in [2.75, 3.05) is 13.1 Å². The molecule has 2 unspecified atom stereocenters. The molecule has 2 saturated heterocycles. The normalized spacial score (nSPS) is 26.4. The summed E-state index contributed by atoms with van der Waals surface area (Å²) in [6.45, 7) is 1.47. The molecule has 2 aliphatic rings. The SMILES string of the molecule is O=C(c1cc(Br)ccc1I)N1CC2CCC(C1)O2. The number of hydrogen-bond acceptors (Lipinski definition) is 2. The summed E-state index contributed by atoms with van der Waals surface area (Å²) in [6, 6.07) is 5.83. The molecule has 1 aromatic carbocycles. The van der Waals surface area contributed by atoms with Crippen molar-refractivity contribution in [1.82, 2.24) is 4.90 Å². The zero-order valence-electron chi connectivity index (χ0n) is 9.73. The van der Waals surface area contributed by atoms with Gasteiger partial charge in [0.1, 0.15) is 0 Å².